The Morgan fingerprint density at radius 3 is 2.90 bits per heavy atom. The van der Waals surface area contributed by atoms with Gasteiger partial charge in [-0.05, 0) is 31.5 Å². The summed E-state index contributed by atoms with van der Waals surface area (Å²) < 4.78 is 1.91. The standard InChI is InChI=1S/C15H17ClN4/c1-3-20-14(15(16)11(2)19-20)10-18-9-13-6-4-5-12(7-13)8-17/h4-7,18H,3,9-10H2,1-2H3. The normalized spacial score (nSPS) is 10.5. The zero-order chi connectivity index (χ0) is 14.5. The van der Waals surface area contributed by atoms with Crippen LogP contribution in [-0.4, -0.2) is 9.78 Å². The van der Waals surface area contributed by atoms with Crippen LogP contribution < -0.4 is 5.32 Å². The number of rotatable bonds is 5. The van der Waals surface area contributed by atoms with Crippen LogP contribution in [0, 0.1) is 18.3 Å². The molecule has 0 fully saturated rings. The molecule has 0 aliphatic heterocycles. The van der Waals surface area contributed by atoms with Crippen LogP contribution in [-0.2, 0) is 19.6 Å². The Hall–Kier alpha value is -1.83. The lowest BCUT2D eigenvalue weighted by Gasteiger charge is -2.08. The van der Waals surface area contributed by atoms with Gasteiger partial charge in [0.05, 0.1) is 28.0 Å². The predicted octanol–water partition coefficient (Wildman–Crippen LogP) is 3.03. The van der Waals surface area contributed by atoms with Crippen molar-refractivity contribution in [3.63, 3.8) is 0 Å². The van der Waals surface area contributed by atoms with Crippen LogP contribution in [0.5, 0.6) is 0 Å². The molecule has 1 aromatic carbocycles. The molecule has 104 valence electrons. The summed E-state index contributed by atoms with van der Waals surface area (Å²) in [7, 11) is 0. The minimum absolute atomic E-state index is 0.657. The van der Waals surface area contributed by atoms with E-state index in [2.05, 4.69) is 16.5 Å². The van der Waals surface area contributed by atoms with E-state index in [1.54, 1.807) is 6.07 Å². The van der Waals surface area contributed by atoms with Crippen LogP contribution in [0.4, 0.5) is 0 Å². The maximum atomic E-state index is 8.87. The molecule has 1 N–H and O–H groups in total. The molecule has 0 unspecified atom stereocenters. The maximum absolute atomic E-state index is 8.87. The third-order valence-corrected chi connectivity index (χ3v) is 3.62. The van der Waals surface area contributed by atoms with Crippen molar-refractivity contribution in [2.75, 3.05) is 0 Å². The Labute approximate surface area is 124 Å². The summed E-state index contributed by atoms with van der Waals surface area (Å²) in [5.41, 5.74) is 3.62. The molecule has 0 bridgehead atoms. The number of nitrogens with zero attached hydrogens (tertiary/aromatic N) is 3. The maximum Gasteiger partial charge on any atom is 0.0991 e. The first kappa shape index (κ1) is 14.6. The van der Waals surface area contributed by atoms with Crippen LogP contribution >= 0.6 is 11.6 Å². The molecular weight excluding hydrogens is 272 g/mol. The van der Waals surface area contributed by atoms with Crippen LogP contribution in [0.25, 0.3) is 0 Å². The average Bonchev–Trinajstić information content (AvgIpc) is 2.75. The number of nitriles is 1. The van der Waals surface area contributed by atoms with E-state index in [1.165, 1.54) is 0 Å². The molecule has 1 heterocycles. The molecule has 0 atom stereocenters. The summed E-state index contributed by atoms with van der Waals surface area (Å²) in [6, 6.07) is 9.72. The fraction of sp³-hybridized carbons (Fsp3) is 0.333. The van der Waals surface area contributed by atoms with Gasteiger partial charge in [-0.3, -0.25) is 4.68 Å². The first-order valence-electron chi connectivity index (χ1n) is 6.57. The zero-order valence-electron chi connectivity index (χ0n) is 11.7. The molecule has 0 saturated heterocycles. The summed E-state index contributed by atoms with van der Waals surface area (Å²) in [6.07, 6.45) is 0. The fourth-order valence-electron chi connectivity index (χ4n) is 2.11. The molecule has 0 aliphatic rings. The van der Waals surface area contributed by atoms with Gasteiger partial charge >= 0.3 is 0 Å². The molecule has 20 heavy (non-hydrogen) atoms. The van der Waals surface area contributed by atoms with E-state index in [9.17, 15) is 0 Å². The minimum atomic E-state index is 0.657. The van der Waals surface area contributed by atoms with Gasteiger partial charge in [-0.2, -0.15) is 10.4 Å². The predicted molar refractivity (Wildman–Crippen MR) is 79.3 cm³/mol. The topological polar surface area (TPSA) is 53.6 Å². The lowest BCUT2D eigenvalue weighted by atomic mass is 10.1. The third-order valence-electron chi connectivity index (χ3n) is 3.13. The summed E-state index contributed by atoms with van der Waals surface area (Å²) in [5, 5.41) is 17.3. The van der Waals surface area contributed by atoms with Crippen molar-refractivity contribution in [2.45, 2.75) is 33.5 Å². The average molecular weight is 289 g/mol. The van der Waals surface area contributed by atoms with Gasteiger partial charge in [0.2, 0.25) is 0 Å². The molecule has 4 nitrogen and oxygen atoms in total. The Bertz CT molecular complexity index is 640. The van der Waals surface area contributed by atoms with E-state index in [1.807, 2.05) is 36.7 Å². The van der Waals surface area contributed by atoms with Crippen molar-refractivity contribution in [1.29, 1.82) is 5.26 Å². The van der Waals surface area contributed by atoms with Crippen LogP contribution in [0.1, 0.15) is 29.4 Å². The number of benzene rings is 1. The number of halogens is 1. The number of hydrogen-bond donors (Lipinski definition) is 1. The van der Waals surface area contributed by atoms with Gasteiger partial charge in [-0.25, -0.2) is 0 Å². The summed E-state index contributed by atoms with van der Waals surface area (Å²) in [5.74, 6) is 0. The largest absolute Gasteiger partial charge is 0.307 e. The van der Waals surface area contributed by atoms with Gasteiger partial charge < -0.3 is 5.32 Å². The van der Waals surface area contributed by atoms with Gasteiger partial charge in [-0.15, -0.1) is 0 Å². The van der Waals surface area contributed by atoms with E-state index in [0.717, 1.165) is 28.5 Å². The molecule has 0 aliphatic carbocycles. The van der Waals surface area contributed by atoms with Gasteiger partial charge in [0.15, 0.2) is 0 Å². The van der Waals surface area contributed by atoms with E-state index >= 15 is 0 Å². The second-order valence-electron chi connectivity index (χ2n) is 4.58. The second-order valence-corrected chi connectivity index (χ2v) is 4.96. The highest BCUT2D eigenvalue weighted by molar-refractivity contribution is 6.31. The lowest BCUT2D eigenvalue weighted by molar-refractivity contribution is 0.579. The number of aryl methyl sites for hydroxylation is 2. The monoisotopic (exact) mass is 288 g/mol. The van der Waals surface area contributed by atoms with Gasteiger partial charge in [0, 0.05) is 19.6 Å². The molecule has 0 spiro atoms. The van der Waals surface area contributed by atoms with Gasteiger partial charge in [0.1, 0.15) is 0 Å². The number of aromatic nitrogens is 2. The summed E-state index contributed by atoms with van der Waals surface area (Å²) in [4.78, 5) is 0. The van der Waals surface area contributed by atoms with E-state index in [0.29, 0.717) is 18.7 Å². The lowest BCUT2D eigenvalue weighted by Crippen LogP contribution is -2.16. The molecule has 0 saturated carbocycles. The highest BCUT2D eigenvalue weighted by Gasteiger charge is 2.11. The SMILES string of the molecule is CCn1nc(C)c(Cl)c1CNCc1cccc(C#N)c1. The third kappa shape index (κ3) is 3.19. The summed E-state index contributed by atoms with van der Waals surface area (Å²) in [6.45, 7) is 6.11. The van der Waals surface area contributed by atoms with Crippen molar-refractivity contribution in [2.24, 2.45) is 0 Å². The minimum Gasteiger partial charge on any atom is -0.307 e. The Balaban J connectivity index is 2.01. The Morgan fingerprint density at radius 2 is 2.20 bits per heavy atom. The fourth-order valence-corrected chi connectivity index (χ4v) is 2.32. The van der Waals surface area contributed by atoms with E-state index in [4.69, 9.17) is 16.9 Å². The van der Waals surface area contributed by atoms with Crippen molar-refractivity contribution >= 4 is 11.6 Å². The summed E-state index contributed by atoms with van der Waals surface area (Å²) >= 11 is 6.26. The number of nitrogens with one attached hydrogen (secondary N) is 1. The first-order valence-corrected chi connectivity index (χ1v) is 6.95. The van der Waals surface area contributed by atoms with E-state index < -0.39 is 0 Å². The molecule has 5 heteroatoms. The van der Waals surface area contributed by atoms with Crippen LogP contribution in [0.3, 0.4) is 0 Å². The Kier molecular flexibility index (Phi) is 4.78. The quantitative estimate of drug-likeness (QED) is 0.920. The van der Waals surface area contributed by atoms with Gasteiger partial charge in [0.25, 0.3) is 0 Å². The van der Waals surface area contributed by atoms with Crippen molar-refractivity contribution in [3.05, 3.63) is 51.8 Å². The van der Waals surface area contributed by atoms with Gasteiger partial charge in [-0.1, -0.05) is 23.7 Å². The number of hydrogen-bond acceptors (Lipinski definition) is 3. The van der Waals surface area contributed by atoms with Crippen LogP contribution in [0.2, 0.25) is 5.02 Å². The smallest absolute Gasteiger partial charge is 0.0991 e. The molecule has 1 aromatic heterocycles. The van der Waals surface area contributed by atoms with Crippen molar-refractivity contribution < 1.29 is 0 Å². The highest BCUT2D eigenvalue weighted by Crippen LogP contribution is 2.20. The van der Waals surface area contributed by atoms with Crippen molar-refractivity contribution in [1.82, 2.24) is 15.1 Å². The molecular formula is C15H17ClN4. The zero-order valence-corrected chi connectivity index (χ0v) is 12.4. The van der Waals surface area contributed by atoms with Crippen molar-refractivity contribution in [3.8, 4) is 6.07 Å². The van der Waals surface area contributed by atoms with E-state index in [-0.39, 0.29) is 0 Å². The van der Waals surface area contributed by atoms with Crippen LogP contribution in [0.15, 0.2) is 24.3 Å². The molecule has 2 rings (SSSR count). The molecule has 0 amide bonds. The highest BCUT2D eigenvalue weighted by atomic mass is 35.5. The Morgan fingerprint density at radius 1 is 1.40 bits per heavy atom. The molecule has 0 radical (unpaired) electrons. The second kappa shape index (κ2) is 6.56. The molecule has 2 aromatic rings. The first-order chi connectivity index (χ1) is 9.65.